The molecule has 0 bridgehead atoms. The quantitative estimate of drug-likeness (QED) is 0.785. The third kappa shape index (κ3) is 5.48. The average molecular weight is 352 g/mol. The first kappa shape index (κ1) is 18.8. The first-order chi connectivity index (χ1) is 11.8. The van der Waals surface area contributed by atoms with E-state index in [1.54, 1.807) is 36.5 Å². The number of alkyl halides is 3. The second-order valence-corrected chi connectivity index (χ2v) is 5.62. The summed E-state index contributed by atoms with van der Waals surface area (Å²) in [4.78, 5) is 18.0. The molecule has 1 atom stereocenters. The van der Waals surface area contributed by atoms with E-state index in [1.807, 2.05) is 13.0 Å². The number of carbonyl (C=O) groups excluding carboxylic acids is 1. The molecule has 0 saturated carbocycles. The number of benzene rings is 1. The Morgan fingerprint density at radius 1 is 1.24 bits per heavy atom. The van der Waals surface area contributed by atoms with Crippen LogP contribution in [-0.2, 0) is 11.2 Å². The summed E-state index contributed by atoms with van der Waals surface area (Å²) < 4.78 is 41.3. The summed E-state index contributed by atoms with van der Waals surface area (Å²) in [6.45, 7) is 1.87. The molecule has 1 heterocycles. The van der Waals surface area contributed by atoms with Crippen molar-refractivity contribution >= 4 is 5.91 Å². The van der Waals surface area contributed by atoms with Gasteiger partial charge in [-0.1, -0.05) is 24.3 Å². The van der Waals surface area contributed by atoms with E-state index >= 15 is 0 Å². The van der Waals surface area contributed by atoms with Gasteiger partial charge < -0.3 is 9.64 Å². The lowest BCUT2D eigenvalue weighted by Crippen LogP contribution is -2.30. The Bertz CT molecular complexity index is 705. The maximum atomic E-state index is 12.4. The fourth-order valence-electron chi connectivity index (χ4n) is 2.42. The van der Waals surface area contributed by atoms with Gasteiger partial charge in [-0.25, -0.2) is 0 Å². The summed E-state index contributed by atoms with van der Waals surface area (Å²) in [7, 11) is 1.66. The molecule has 0 aliphatic heterocycles. The molecular formula is C18H19F3N2O2. The Hall–Kier alpha value is -2.57. The fourth-order valence-corrected chi connectivity index (χ4v) is 2.42. The Kier molecular flexibility index (Phi) is 6.01. The van der Waals surface area contributed by atoms with E-state index in [0.29, 0.717) is 5.56 Å². The van der Waals surface area contributed by atoms with Crippen molar-refractivity contribution in [3.8, 4) is 5.75 Å². The van der Waals surface area contributed by atoms with Crippen LogP contribution in [0.4, 0.5) is 13.2 Å². The van der Waals surface area contributed by atoms with Gasteiger partial charge in [0, 0.05) is 25.9 Å². The molecule has 0 radical (unpaired) electrons. The lowest BCUT2D eigenvalue weighted by Gasteiger charge is -2.25. The van der Waals surface area contributed by atoms with Gasteiger partial charge >= 0.3 is 6.36 Å². The van der Waals surface area contributed by atoms with Crippen molar-refractivity contribution < 1.29 is 22.7 Å². The molecule has 7 heteroatoms. The number of hydrogen-bond donors (Lipinski definition) is 0. The van der Waals surface area contributed by atoms with Crippen LogP contribution >= 0.6 is 0 Å². The number of pyridine rings is 1. The number of ether oxygens (including phenoxy) is 1. The van der Waals surface area contributed by atoms with Gasteiger partial charge in [0.05, 0.1) is 6.04 Å². The first-order valence-electron chi connectivity index (χ1n) is 7.77. The van der Waals surface area contributed by atoms with E-state index in [4.69, 9.17) is 0 Å². The lowest BCUT2D eigenvalue weighted by atomic mass is 10.1. The molecular weight excluding hydrogens is 333 g/mol. The fraction of sp³-hybridized carbons (Fsp3) is 0.333. The molecule has 1 amide bonds. The zero-order chi connectivity index (χ0) is 18.4. The van der Waals surface area contributed by atoms with Gasteiger partial charge in [-0.3, -0.25) is 9.78 Å². The molecule has 1 aromatic carbocycles. The summed E-state index contributed by atoms with van der Waals surface area (Å²) in [5, 5.41) is 0. The molecule has 2 aromatic rings. The minimum absolute atomic E-state index is 0.0827. The zero-order valence-corrected chi connectivity index (χ0v) is 14.0. The number of nitrogens with zero attached hydrogens (tertiary/aromatic N) is 2. The standard InChI is InChI=1S/C18H19F3N2O2/c1-13(15-7-5-11-22-12-15)23(2)17(24)10-9-14-6-3-4-8-16(14)25-18(19,20)21/h3-8,11-13H,9-10H2,1-2H3. The maximum absolute atomic E-state index is 12.4. The van der Waals surface area contributed by atoms with Crippen LogP contribution < -0.4 is 4.74 Å². The molecule has 1 aromatic heterocycles. The molecule has 0 aliphatic rings. The van der Waals surface area contributed by atoms with Crippen molar-refractivity contribution in [2.24, 2.45) is 0 Å². The third-order valence-corrected chi connectivity index (χ3v) is 3.95. The average Bonchev–Trinajstić information content (AvgIpc) is 2.59. The van der Waals surface area contributed by atoms with Crippen molar-refractivity contribution in [2.75, 3.05) is 7.05 Å². The van der Waals surface area contributed by atoms with Crippen LogP contribution in [0, 0.1) is 0 Å². The van der Waals surface area contributed by atoms with Gasteiger partial charge in [0.2, 0.25) is 5.91 Å². The largest absolute Gasteiger partial charge is 0.573 e. The Morgan fingerprint density at radius 3 is 2.60 bits per heavy atom. The van der Waals surface area contributed by atoms with Gasteiger partial charge in [-0.15, -0.1) is 13.2 Å². The van der Waals surface area contributed by atoms with Gasteiger partial charge in [0.1, 0.15) is 5.75 Å². The van der Waals surface area contributed by atoms with E-state index in [2.05, 4.69) is 9.72 Å². The van der Waals surface area contributed by atoms with E-state index in [9.17, 15) is 18.0 Å². The molecule has 0 aliphatic carbocycles. The van der Waals surface area contributed by atoms with Gasteiger partial charge in [0.25, 0.3) is 0 Å². The molecule has 0 saturated heterocycles. The number of aryl methyl sites for hydroxylation is 1. The zero-order valence-electron chi connectivity index (χ0n) is 14.0. The third-order valence-electron chi connectivity index (χ3n) is 3.95. The van der Waals surface area contributed by atoms with Crippen molar-refractivity contribution in [3.63, 3.8) is 0 Å². The molecule has 134 valence electrons. The summed E-state index contributed by atoms with van der Waals surface area (Å²) in [5.41, 5.74) is 1.23. The number of halogens is 3. The SMILES string of the molecule is CC(c1cccnc1)N(C)C(=O)CCc1ccccc1OC(F)(F)F. The molecule has 1 unspecified atom stereocenters. The van der Waals surface area contributed by atoms with Crippen molar-refractivity contribution in [2.45, 2.75) is 32.2 Å². The number of amides is 1. The summed E-state index contributed by atoms with van der Waals surface area (Å²) in [5.74, 6) is -0.441. The summed E-state index contributed by atoms with van der Waals surface area (Å²) in [6, 6.07) is 9.33. The van der Waals surface area contributed by atoms with E-state index in [1.165, 1.54) is 18.2 Å². The number of carbonyl (C=O) groups is 1. The molecule has 0 spiro atoms. The highest BCUT2D eigenvalue weighted by Crippen LogP contribution is 2.27. The number of para-hydroxylation sites is 1. The smallest absolute Gasteiger partial charge is 0.406 e. The van der Waals surface area contributed by atoms with Crippen LogP contribution in [0.2, 0.25) is 0 Å². The predicted octanol–water partition coefficient (Wildman–Crippen LogP) is 4.13. The molecule has 4 nitrogen and oxygen atoms in total. The van der Waals surface area contributed by atoms with E-state index in [0.717, 1.165) is 5.56 Å². The highest BCUT2D eigenvalue weighted by atomic mass is 19.4. The van der Waals surface area contributed by atoms with Crippen molar-refractivity contribution in [1.29, 1.82) is 0 Å². The van der Waals surface area contributed by atoms with Crippen LogP contribution in [0.15, 0.2) is 48.8 Å². The molecule has 2 rings (SSSR count). The van der Waals surface area contributed by atoms with Gasteiger partial charge in [-0.2, -0.15) is 0 Å². The minimum Gasteiger partial charge on any atom is -0.406 e. The highest BCUT2D eigenvalue weighted by molar-refractivity contribution is 5.76. The Balaban J connectivity index is 2.00. The van der Waals surface area contributed by atoms with Crippen LogP contribution in [-0.4, -0.2) is 29.2 Å². The second kappa shape index (κ2) is 8.00. The molecule has 0 fully saturated rings. The van der Waals surface area contributed by atoms with Crippen molar-refractivity contribution in [1.82, 2.24) is 9.88 Å². The van der Waals surface area contributed by atoms with Gasteiger partial charge in [-0.05, 0) is 36.6 Å². The van der Waals surface area contributed by atoms with Crippen LogP contribution in [0.3, 0.4) is 0 Å². The predicted molar refractivity (Wildman–Crippen MR) is 86.9 cm³/mol. The topological polar surface area (TPSA) is 42.4 Å². The summed E-state index contributed by atoms with van der Waals surface area (Å²) >= 11 is 0. The van der Waals surface area contributed by atoms with Crippen LogP contribution in [0.1, 0.15) is 30.5 Å². The minimum atomic E-state index is -4.76. The number of aromatic nitrogens is 1. The monoisotopic (exact) mass is 352 g/mol. The normalized spacial score (nSPS) is 12.5. The summed E-state index contributed by atoms with van der Waals surface area (Å²) in [6.07, 6.45) is -1.18. The van der Waals surface area contributed by atoms with Crippen LogP contribution in [0.5, 0.6) is 5.75 Å². The highest BCUT2D eigenvalue weighted by Gasteiger charge is 2.32. The molecule has 25 heavy (non-hydrogen) atoms. The Labute approximate surface area is 144 Å². The second-order valence-electron chi connectivity index (χ2n) is 5.62. The Morgan fingerprint density at radius 2 is 1.96 bits per heavy atom. The number of rotatable bonds is 6. The van der Waals surface area contributed by atoms with Crippen LogP contribution in [0.25, 0.3) is 0 Å². The number of hydrogen-bond acceptors (Lipinski definition) is 3. The van der Waals surface area contributed by atoms with E-state index < -0.39 is 6.36 Å². The maximum Gasteiger partial charge on any atom is 0.573 e. The molecule has 0 N–H and O–H groups in total. The van der Waals surface area contributed by atoms with E-state index in [-0.39, 0.29) is 30.5 Å². The first-order valence-corrected chi connectivity index (χ1v) is 7.77. The van der Waals surface area contributed by atoms with Gasteiger partial charge in [0.15, 0.2) is 0 Å². The lowest BCUT2D eigenvalue weighted by molar-refractivity contribution is -0.274. The van der Waals surface area contributed by atoms with Crippen molar-refractivity contribution in [3.05, 3.63) is 59.9 Å².